The summed E-state index contributed by atoms with van der Waals surface area (Å²) in [4.78, 5) is 0.981. The summed E-state index contributed by atoms with van der Waals surface area (Å²) in [7, 11) is 0. The second-order valence-corrected chi connectivity index (χ2v) is 6.25. The number of aliphatic hydroxyl groups is 1. The fourth-order valence-electron chi connectivity index (χ4n) is 1.73. The minimum Gasteiger partial charge on any atom is -0.383 e. The third kappa shape index (κ3) is 2.11. The van der Waals surface area contributed by atoms with Gasteiger partial charge in [-0.25, -0.2) is 0 Å². The predicted octanol–water partition coefficient (Wildman–Crippen LogP) is 4.70. The van der Waals surface area contributed by atoms with Crippen LogP contribution in [-0.4, -0.2) is 5.11 Å². The first-order chi connectivity index (χ1) is 8.24. The molecule has 1 unspecified atom stereocenters. The summed E-state index contributed by atoms with van der Waals surface area (Å²) >= 11 is 9.17. The molecule has 0 amide bonds. The molecule has 1 nitrogen and oxygen atoms in total. The maximum Gasteiger partial charge on any atom is 0.113 e. The Labute approximate surface area is 112 Å². The Balaban J connectivity index is 1.98. The van der Waals surface area contributed by atoms with Crippen LogP contribution in [0.2, 0.25) is 5.02 Å². The molecule has 0 aliphatic rings. The number of benzene rings is 1. The molecule has 3 aromatic rings. The van der Waals surface area contributed by atoms with Crippen LogP contribution in [0.1, 0.15) is 16.5 Å². The lowest BCUT2D eigenvalue weighted by Gasteiger charge is -2.08. The number of rotatable bonds is 2. The number of fused-ring (bicyclic) bond motifs is 1. The average molecular weight is 281 g/mol. The van der Waals surface area contributed by atoms with Gasteiger partial charge in [0.1, 0.15) is 6.10 Å². The lowest BCUT2D eigenvalue weighted by atomic mass is 10.1. The van der Waals surface area contributed by atoms with Gasteiger partial charge < -0.3 is 5.11 Å². The zero-order valence-corrected chi connectivity index (χ0v) is 11.1. The Hall–Kier alpha value is -0.870. The molecule has 0 aliphatic carbocycles. The minimum atomic E-state index is -0.558. The smallest absolute Gasteiger partial charge is 0.113 e. The Kier molecular flexibility index (Phi) is 2.92. The van der Waals surface area contributed by atoms with Crippen LogP contribution < -0.4 is 0 Å². The summed E-state index contributed by atoms with van der Waals surface area (Å²) in [6.45, 7) is 0. The highest BCUT2D eigenvalue weighted by Gasteiger charge is 2.14. The molecule has 0 saturated heterocycles. The number of hydrogen-bond donors (Lipinski definition) is 1. The van der Waals surface area contributed by atoms with E-state index in [1.165, 1.54) is 9.40 Å². The van der Waals surface area contributed by atoms with Crippen LogP contribution in [0.4, 0.5) is 0 Å². The van der Waals surface area contributed by atoms with Crippen LogP contribution in [0.5, 0.6) is 0 Å². The first kappa shape index (κ1) is 11.2. The highest BCUT2D eigenvalue weighted by Crippen LogP contribution is 2.35. The third-order valence-electron chi connectivity index (χ3n) is 2.61. The van der Waals surface area contributed by atoms with Crippen molar-refractivity contribution in [3.8, 4) is 0 Å². The van der Waals surface area contributed by atoms with Crippen LogP contribution in [0.3, 0.4) is 0 Å². The third-order valence-corrected chi connectivity index (χ3v) is 5.01. The van der Waals surface area contributed by atoms with E-state index in [-0.39, 0.29) is 0 Å². The Bertz CT molecular complexity index is 610. The lowest BCUT2D eigenvalue weighted by molar-refractivity contribution is 0.224. The zero-order valence-electron chi connectivity index (χ0n) is 8.76. The number of aliphatic hydroxyl groups excluding tert-OH is 1. The number of halogens is 1. The maximum absolute atomic E-state index is 10.3. The summed E-state index contributed by atoms with van der Waals surface area (Å²) in [6.07, 6.45) is -0.558. The van der Waals surface area contributed by atoms with E-state index in [1.807, 2.05) is 12.1 Å². The topological polar surface area (TPSA) is 20.2 Å². The van der Waals surface area contributed by atoms with E-state index < -0.39 is 6.10 Å². The van der Waals surface area contributed by atoms with Crippen molar-refractivity contribution in [2.45, 2.75) is 6.10 Å². The largest absolute Gasteiger partial charge is 0.383 e. The molecule has 0 fully saturated rings. The molecule has 0 aliphatic heterocycles. The van der Waals surface area contributed by atoms with Gasteiger partial charge in [-0.2, -0.15) is 0 Å². The SMILES string of the molecule is OC(c1ccc(Cl)cc1)c1cc2sccc2s1. The second kappa shape index (κ2) is 4.42. The van der Waals surface area contributed by atoms with E-state index in [9.17, 15) is 5.11 Å². The summed E-state index contributed by atoms with van der Waals surface area (Å²) in [5, 5.41) is 13.0. The van der Waals surface area contributed by atoms with Crippen molar-refractivity contribution >= 4 is 43.7 Å². The van der Waals surface area contributed by atoms with Crippen molar-refractivity contribution < 1.29 is 5.11 Å². The molecular formula is C13H9ClOS2. The quantitative estimate of drug-likeness (QED) is 0.721. The van der Waals surface area contributed by atoms with Crippen LogP contribution in [0, 0.1) is 0 Å². The highest BCUT2D eigenvalue weighted by atomic mass is 35.5. The van der Waals surface area contributed by atoms with E-state index >= 15 is 0 Å². The molecule has 2 heterocycles. The Morgan fingerprint density at radius 1 is 1.06 bits per heavy atom. The van der Waals surface area contributed by atoms with Gasteiger partial charge in [0.25, 0.3) is 0 Å². The lowest BCUT2D eigenvalue weighted by Crippen LogP contribution is -1.95. The van der Waals surface area contributed by atoms with Gasteiger partial charge in [0, 0.05) is 19.3 Å². The van der Waals surface area contributed by atoms with Crippen LogP contribution in [0.25, 0.3) is 9.40 Å². The maximum atomic E-state index is 10.3. The summed E-state index contributed by atoms with van der Waals surface area (Å²) in [5.74, 6) is 0. The van der Waals surface area contributed by atoms with E-state index in [0.717, 1.165) is 10.4 Å². The molecule has 1 N–H and O–H groups in total. The van der Waals surface area contributed by atoms with Crippen molar-refractivity contribution in [3.63, 3.8) is 0 Å². The minimum absolute atomic E-state index is 0.558. The highest BCUT2D eigenvalue weighted by molar-refractivity contribution is 7.26. The van der Waals surface area contributed by atoms with Crippen molar-refractivity contribution in [1.82, 2.24) is 0 Å². The molecule has 1 atom stereocenters. The first-order valence-corrected chi connectivity index (χ1v) is 7.22. The van der Waals surface area contributed by atoms with Crippen molar-refractivity contribution in [2.75, 3.05) is 0 Å². The van der Waals surface area contributed by atoms with Gasteiger partial charge in [-0.1, -0.05) is 23.7 Å². The number of thiophene rings is 2. The summed E-state index contributed by atoms with van der Waals surface area (Å²) in [6, 6.07) is 11.5. The van der Waals surface area contributed by atoms with Gasteiger partial charge in [-0.05, 0) is 35.2 Å². The first-order valence-electron chi connectivity index (χ1n) is 5.14. The molecule has 86 valence electrons. The van der Waals surface area contributed by atoms with Crippen molar-refractivity contribution in [1.29, 1.82) is 0 Å². The van der Waals surface area contributed by atoms with Crippen LogP contribution in [0.15, 0.2) is 41.8 Å². The van der Waals surface area contributed by atoms with E-state index in [0.29, 0.717) is 5.02 Å². The molecule has 0 radical (unpaired) electrons. The fourth-order valence-corrected chi connectivity index (χ4v) is 3.99. The number of hydrogen-bond acceptors (Lipinski definition) is 3. The molecule has 1 aromatic carbocycles. The Morgan fingerprint density at radius 2 is 1.82 bits per heavy atom. The van der Waals surface area contributed by atoms with Crippen LogP contribution in [-0.2, 0) is 0 Å². The fraction of sp³-hybridized carbons (Fsp3) is 0.0769. The van der Waals surface area contributed by atoms with Crippen molar-refractivity contribution in [3.05, 3.63) is 57.2 Å². The molecule has 4 heteroatoms. The van der Waals surface area contributed by atoms with Gasteiger partial charge in [0.15, 0.2) is 0 Å². The Morgan fingerprint density at radius 3 is 2.53 bits per heavy atom. The van der Waals surface area contributed by atoms with Crippen molar-refractivity contribution in [2.24, 2.45) is 0 Å². The van der Waals surface area contributed by atoms with Gasteiger partial charge in [-0.3, -0.25) is 0 Å². The standard InChI is InChI=1S/C13H9ClOS2/c14-9-3-1-8(2-4-9)13(15)12-7-11-10(17-12)5-6-16-11/h1-7,13,15H. The predicted molar refractivity (Wildman–Crippen MR) is 75.2 cm³/mol. The summed E-state index contributed by atoms with van der Waals surface area (Å²) < 4.78 is 2.47. The van der Waals surface area contributed by atoms with Gasteiger partial charge in [0.05, 0.1) is 0 Å². The molecule has 0 bridgehead atoms. The van der Waals surface area contributed by atoms with E-state index in [2.05, 4.69) is 17.5 Å². The molecule has 0 spiro atoms. The van der Waals surface area contributed by atoms with Gasteiger partial charge in [-0.15, -0.1) is 22.7 Å². The van der Waals surface area contributed by atoms with Gasteiger partial charge in [0.2, 0.25) is 0 Å². The molecule has 3 rings (SSSR count). The van der Waals surface area contributed by atoms with E-state index in [1.54, 1.807) is 34.8 Å². The average Bonchev–Trinajstić information content (AvgIpc) is 2.89. The second-order valence-electron chi connectivity index (χ2n) is 3.75. The molecule has 0 saturated carbocycles. The molecule has 2 aromatic heterocycles. The molecule has 17 heavy (non-hydrogen) atoms. The normalized spacial score (nSPS) is 13.1. The summed E-state index contributed by atoms with van der Waals surface area (Å²) in [5.41, 5.74) is 0.878. The molecular weight excluding hydrogens is 272 g/mol. The van der Waals surface area contributed by atoms with Crippen LogP contribution >= 0.6 is 34.3 Å². The van der Waals surface area contributed by atoms with E-state index in [4.69, 9.17) is 11.6 Å². The zero-order chi connectivity index (χ0) is 11.8. The van der Waals surface area contributed by atoms with Gasteiger partial charge >= 0.3 is 0 Å². The monoisotopic (exact) mass is 280 g/mol.